The van der Waals surface area contributed by atoms with Crippen LogP contribution in [-0.4, -0.2) is 4.98 Å². The molecule has 6 rings (SSSR count). The van der Waals surface area contributed by atoms with Crippen LogP contribution < -0.4 is 0 Å². The van der Waals surface area contributed by atoms with Gasteiger partial charge >= 0.3 is 0 Å². The summed E-state index contributed by atoms with van der Waals surface area (Å²) in [6.07, 6.45) is 0. The van der Waals surface area contributed by atoms with Crippen LogP contribution in [0, 0.1) is 0 Å². The molecule has 29 heavy (non-hydrogen) atoms. The lowest BCUT2D eigenvalue weighted by molar-refractivity contribution is 0.666. The number of hydrogen-bond acceptors (Lipinski definition) is 1. The van der Waals surface area contributed by atoms with Gasteiger partial charge in [-0.15, -0.1) is 0 Å². The van der Waals surface area contributed by atoms with Gasteiger partial charge in [0.25, 0.3) is 0 Å². The Kier molecular flexibility index (Phi) is 3.29. The summed E-state index contributed by atoms with van der Waals surface area (Å²) < 4.78 is 0. The molecule has 0 N–H and O–H groups in total. The molecular weight excluding hydrogens is 350 g/mol. The van der Waals surface area contributed by atoms with E-state index in [-0.39, 0.29) is 5.41 Å². The van der Waals surface area contributed by atoms with Crippen LogP contribution in [-0.2, 0) is 5.41 Å². The maximum absolute atomic E-state index is 5.19. The van der Waals surface area contributed by atoms with E-state index < -0.39 is 0 Å². The monoisotopic (exact) mass is 371 g/mol. The van der Waals surface area contributed by atoms with Crippen molar-refractivity contribution in [1.29, 1.82) is 0 Å². The molecule has 0 bridgehead atoms. The average Bonchev–Trinajstić information content (AvgIpc) is 3.01. The summed E-state index contributed by atoms with van der Waals surface area (Å²) in [6.45, 7) is 4.68. The minimum absolute atomic E-state index is 0.0555. The Morgan fingerprint density at radius 3 is 2.31 bits per heavy atom. The number of benzene rings is 4. The van der Waals surface area contributed by atoms with Crippen LogP contribution in [0.1, 0.15) is 25.0 Å². The molecule has 0 aliphatic heterocycles. The molecule has 1 aromatic heterocycles. The summed E-state index contributed by atoms with van der Waals surface area (Å²) in [6, 6.07) is 32.6. The van der Waals surface area contributed by atoms with Gasteiger partial charge in [0.1, 0.15) is 0 Å². The number of aromatic nitrogens is 1. The molecule has 0 saturated heterocycles. The molecule has 0 spiro atoms. The van der Waals surface area contributed by atoms with E-state index in [1.807, 2.05) is 0 Å². The predicted molar refractivity (Wildman–Crippen MR) is 122 cm³/mol. The number of hydrogen-bond donors (Lipinski definition) is 0. The molecular formula is C28H21N. The quantitative estimate of drug-likeness (QED) is 0.300. The van der Waals surface area contributed by atoms with Crippen LogP contribution in [0.5, 0.6) is 0 Å². The molecule has 0 fully saturated rings. The second-order valence-corrected chi connectivity index (χ2v) is 8.46. The number of fused-ring (bicyclic) bond motifs is 6. The Morgan fingerprint density at radius 2 is 1.41 bits per heavy atom. The fourth-order valence-corrected chi connectivity index (χ4v) is 5.05. The second-order valence-electron chi connectivity index (χ2n) is 8.46. The Hall–Kier alpha value is -3.45. The SMILES string of the molecule is CC1(C)c2ccccc2-c2c(-c3ccc4ccccc4c3)nc3ccccc3c21. The van der Waals surface area contributed by atoms with E-state index in [9.17, 15) is 0 Å². The Morgan fingerprint density at radius 1 is 0.690 bits per heavy atom. The molecule has 5 aromatic rings. The first-order chi connectivity index (χ1) is 14.1. The maximum Gasteiger partial charge on any atom is 0.0791 e. The first-order valence-electron chi connectivity index (χ1n) is 10.2. The highest BCUT2D eigenvalue weighted by molar-refractivity contribution is 6.02. The van der Waals surface area contributed by atoms with Gasteiger partial charge < -0.3 is 0 Å². The minimum atomic E-state index is -0.0555. The zero-order valence-corrected chi connectivity index (χ0v) is 16.6. The lowest BCUT2D eigenvalue weighted by Crippen LogP contribution is -2.15. The molecule has 0 atom stereocenters. The highest BCUT2D eigenvalue weighted by Gasteiger charge is 2.38. The van der Waals surface area contributed by atoms with Crippen LogP contribution in [0.3, 0.4) is 0 Å². The average molecular weight is 371 g/mol. The highest BCUT2D eigenvalue weighted by Crippen LogP contribution is 2.53. The van der Waals surface area contributed by atoms with Crippen molar-refractivity contribution in [2.45, 2.75) is 19.3 Å². The lowest BCUT2D eigenvalue weighted by atomic mass is 9.80. The highest BCUT2D eigenvalue weighted by atomic mass is 14.7. The molecule has 0 amide bonds. The molecule has 1 heteroatoms. The van der Waals surface area contributed by atoms with Crippen LogP contribution >= 0.6 is 0 Å². The van der Waals surface area contributed by atoms with Crippen LogP contribution in [0.25, 0.3) is 44.1 Å². The van der Waals surface area contributed by atoms with E-state index in [1.165, 1.54) is 44.0 Å². The van der Waals surface area contributed by atoms with Gasteiger partial charge in [0.05, 0.1) is 11.2 Å². The lowest BCUT2D eigenvalue weighted by Gasteiger charge is -2.23. The third-order valence-corrected chi connectivity index (χ3v) is 6.41. The first kappa shape index (κ1) is 16.5. The van der Waals surface area contributed by atoms with Gasteiger partial charge in [0, 0.05) is 21.9 Å². The van der Waals surface area contributed by atoms with Crippen molar-refractivity contribution < 1.29 is 0 Å². The molecule has 1 aliphatic carbocycles. The van der Waals surface area contributed by atoms with Crippen molar-refractivity contribution in [3.63, 3.8) is 0 Å². The number of rotatable bonds is 1. The van der Waals surface area contributed by atoms with E-state index >= 15 is 0 Å². The predicted octanol–water partition coefficient (Wildman–Crippen LogP) is 7.36. The summed E-state index contributed by atoms with van der Waals surface area (Å²) in [4.78, 5) is 5.19. The second kappa shape index (κ2) is 5.78. The third kappa shape index (κ3) is 2.25. The summed E-state index contributed by atoms with van der Waals surface area (Å²) in [7, 11) is 0. The number of para-hydroxylation sites is 1. The van der Waals surface area contributed by atoms with Gasteiger partial charge in [-0.3, -0.25) is 0 Å². The van der Waals surface area contributed by atoms with E-state index in [0.717, 1.165) is 11.2 Å². The van der Waals surface area contributed by atoms with Crippen LogP contribution in [0.2, 0.25) is 0 Å². The van der Waals surface area contributed by atoms with Gasteiger partial charge in [0.15, 0.2) is 0 Å². The summed E-state index contributed by atoms with van der Waals surface area (Å²) >= 11 is 0. The largest absolute Gasteiger partial charge is 0.247 e. The molecule has 1 nitrogen and oxygen atoms in total. The first-order valence-corrected chi connectivity index (χ1v) is 10.2. The number of nitrogens with zero attached hydrogens (tertiary/aromatic N) is 1. The zero-order valence-electron chi connectivity index (χ0n) is 16.6. The topological polar surface area (TPSA) is 12.9 Å². The smallest absolute Gasteiger partial charge is 0.0791 e. The zero-order chi connectivity index (χ0) is 19.6. The maximum atomic E-state index is 5.19. The third-order valence-electron chi connectivity index (χ3n) is 6.41. The summed E-state index contributed by atoms with van der Waals surface area (Å²) in [5.41, 5.74) is 8.66. The van der Waals surface area contributed by atoms with Crippen molar-refractivity contribution in [2.75, 3.05) is 0 Å². The van der Waals surface area contributed by atoms with Gasteiger partial charge in [0.2, 0.25) is 0 Å². The van der Waals surface area contributed by atoms with Crippen molar-refractivity contribution in [1.82, 2.24) is 4.98 Å². The summed E-state index contributed by atoms with van der Waals surface area (Å²) in [5, 5.41) is 3.77. The van der Waals surface area contributed by atoms with E-state index in [0.29, 0.717) is 0 Å². The minimum Gasteiger partial charge on any atom is -0.247 e. The molecule has 1 heterocycles. The Labute approximate surface area is 170 Å². The molecule has 0 saturated carbocycles. The molecule has 4 aromatic carbocycles. The Balaban J connectivity index is 1.77. The van der Waals surface area contributed by atoms with Gasteiger partial charge in [-0.25, -0.2) is 4.98 Å². The van der Waals surface area contributed by atoms with Gasteiger partial charge in [-0.05, 0) is 39.6 Å². The van der Waals surface area contributed by atoms with Crippen LogP contribution in [0.15, 0.2) is 91.0 Å². The van der Waals surface area contributed by atoms with Gasteiger partial charge in [-0.2, -0.15) is 0 Å². The fraction of sp³-hybridized carbons (Fsp3) is 0.107. The van der Waals surface area contributed by atoms with Crippen molar-refractivity contribution >= 4 is 21.7 Å². The van der Waals surface area contributed by atoms with Crippen LogP contribution in [0.4, 0.5) is 0 Å². The normalized spacial score (nSPS) is 14.1. The van der Waals surface area contributed by atoms with E-state index in [4.69, 9.17) is 4.98 Å². The van der Waals surface area contributed by atoms with E-state index in [1.54, 1.807) is 0 Å². The standard InChI is InChI=1S/C28H21N/c1-28(2)23-13-7-5-11-21(23)25-26(28)22-12-6-8-14-24(22)29-27(25)20-16-15-18-9-3-4-10-19(18)17-20/h3-17H,1-2H3. The molecule has 138 valence electrons. The molecule has 0 unspecified atom stereocenters. The van der Waals surface area contributed by atoms with Crippen molar-refractivity contribution in [3.05, 3.63) is 102 Å². The van der Waals surface area contributed by atoms with E-state index in [2.05, 4.69) is 105 Å². The van der Waals surface area contributed by atoms with Crippen molar-refractivity contribution in [2.24, 2.45) is 0 Å². The summed E-state index contributed by atoms with van der Waals surface area (Å²) in [5.74, 6) is 0. The fourth-order valence-electron chi connectivity index (χ4n) is 5.05. The molecule has 0 radical (unpaired) electrons. The number of pyridine rings is 1. The van der Waals surface area contributed by atoms with Crippen molar-refractivity contribution in [3.8, 4) is 22.4 Å². The molecule has 1 aliphatic rings. The van der Waals surface area contributed by atoms with Gasteiger partial charge in [-0.1, -0.05) is 92.7 Å². The Bertz CT molecular complexity index is 1430.